The second-order valence-corrected chi connectivity index (χ2v) is 5.28. The number of nitrogens with one attached hydrogen (secondary N) is 1. The number of hydrogen-bond acceptors (Lipinski definition) is 3. The Labute approximate surface area is 108 Å². The molecule has 0 atom stereocenters. The topological polar surface area (TPSA) is 52.7 Å². The van der Waals surface area contributed by atoms with Crippen molar-refractivity contribution in [2.75, 3.05) is 33.2 Å². The zero-order valence-electron chi connectivity index (χ0n) is 11.2. The predicted molar refractivity (Wildman–Crippen MR) is 69.1 cm³/mol. The normalized spacial score (nSPS) is 19.7. The van der Waals surface area contributed by atoms with E-state index in [-0.39, 0.29) is 24.9 Å². The number of nitrogens with zero attached hydrogens (tertiary/aromatic N) is 2. The molecule has 0 unspecified atom stereocenters. The first-order valence-corrected chi connectivity index (χ1v) is 6.92. The first kappa shape index (κ1) is 13.3. The highest BCUT2D eigenvalue weighted by Crippen LogP contribution is 2.24. The Morgan fingerprint density at radius 2 is 1.83 bits per heavy atom. The van der Waals surface area contributed by atoms with E-state index in [0.717, 1.165) is 38.8 Å². The number of hydrogen-bond donors (Lipinski definition) is 1. The number of likely N-dealkylation sites (tertiary alicyclic amines) is 1. The highest BCUT2D eigenvalue weighted by atomic mass is 16.2. The molecule has 0 radical (unpaired) electrons. The molecule has 2 rings (SSSR count). The standard InChI is InChI=1S/C13H23N3O2/c1-15(11-5-6-11)12(17)9-14-10-13(18)16-7-3-2-4-8-16/h11,14H,2-10H2,1H3. The summed E-state index contributed by atoms with van der Waals surface area (Å²) in [5.74, 6) is 0.209. The van der Waals surface area contributed by atoms with Crippen LogP contribution in [-0.2, 0) is 9.59 Å². The zero-order chi connectivity index (χ0) is 13.0. The van der Waals surface area contributed by atoms with Gasteiger partial charge in [0.1, 0.15) is 0 Å². The van der Waals surface area contributed by atoms with E-state index in [1.165, 1.54) is 6.42 Å². The van der Waals surface area contributed by atoms with Gasteiger partial charge in [-0.15, -0.1) is 0 Å². The van der Waals surface area contributed by atoms with Crippen LogP contribution in [0.15, 0.2) is 0 Å². The lowest BCUT2D eigenvalue weighted by atomic mass is 10.1. The van der Waals surface area contributed by atoms with Crippen LogP contribution in [0.4, 0.5) is 0 Å². The first-order chi connectivity index (χ1) is 8.68. The van der Waals surface area contributed by atoms with Crippen molar-refractivity contribution in [3.63, 3.8) is 0 Å². The van der Waals surface area contributed by atoms with Crippen LogP contribution in [0.2, 0.25) is 0 Å². The summed E-state index contributed by atoms with van der Waals surface area (Å²) >= 11 is 0. The molecule has 2 aliphatic rings. The van der Waals surface area contributed by atoms with Gasteiger partial charge < -0.3 is 9.80 Å². The fourth-order valence-electron chi connectivity index (χ4n) is 2.32. The van der Waals surface area contributed by atoms with E-state index in [9.17, 15) is 9.59 Å². The van der Waals surface area contributed by atoms with Crippen LogP contribution in [0, 0.1) is 0 Å². The summed E-state index contributed by atoms with van der Waals surface area (Å²) in [6, 6.07) is 0.442. The van der Waals surface area contributed by atoms with E-state index < -0.39 is 0 Å². The molecule has 0 aromatic carbocycles. The van der Waals surface area contributed by atoms with Gasteiger partial charge in [-0.05, 0) is 32.1 Å². The molecule has 102 valence electrons. The molecule has 0 aromatic heterocycles. The number of carbonyl (C=O) groups is 2. The van der Waals surface area contributed by atoms with Crippen molar-refractivity contribution in [1.82, 2.24) is 15.1 Å². The van der Waals surface area contributed by atoms with E-state index in [0.29, 0.717) is 6.04 Å². The van der Waals surface area contributed by atoms with E-state index in [2.05, 4.69) is 5.32 Å². The number of likely N-dealkylation sites (N-methyl/N-ethyl adjacent to an activating group) is 1. The van der Waals surface area contributed by atoms with E-state index >= 15 is 0 Å². The van der Waals surface area contributed by atoms with Gasteiger partial charge >= 0.3 is 0 Å². The van der Waals surface area contributed by atoms with Crippen molar-refractivity contribution in [3.05, 3.63) is 0 Å². The highest BCUT2D eigenvalue weighted by Gasteiger charge is 2.29. The van der Waals surface area contributed by atoms with Crippen LogP contribution in [-0.4, -0.2) is 60.9 Å². The molecule has 5 heteroatoms. The molecule has 0 bridgehead atoms. The molecule has 1 aliphatic heterocycles. The predicted octanol–water partition coefficient (Wildman–Crippen LogP) is 0.209. The quantitative estimate of drug-likeness (QED) is 0.762. The minimum absolute atomic E-state index is 0.0870. The summed E-state index contributed by atoms with van der Waals surface area (Å²) in [7, 11) is 1.84. The Kier molecular flexibility index (Phi) is 4.58. The minimum atomic E-state index is 0.0870. The maximum absolute atomic E-state index is 11.8. The second kappa shape index (κ2) is 6.18. The van der Waals surface area contributed by atoms with Crippen molar-refractivity contribution < 1.29 is 9.59 Å². The Morgan fingerprint density at radius 3 is 2.44 bits per heavy atom. The van der Waals surface area contributed by atoms with Gasteiger partial charge in [0.15, 0.2) is 0 Å². The third-order valence-corrected chi connectivity index (χ3v) is 3.75. The molecule has 18 heavy (non-hydrogen) atoms. The van der Waals surface area contributed by atoms with Crippen LogP contribution in [0.1, 0.15) is 32.1 Å². The van der Waals surface area contributed by atoms with Gasteiger partial charge in [0.25, 0.3) is 0 Å². The first-order valence-electron chi connectivity index (χ1n) is 6.92. The molecular formula is C13H23N3O2. The summed E-state index contributed by atoms with van der Waals surface area (Å²) in [4.78, 5) is 27.2. The van der Waals surface area contributed by atoms with Crippen LogP contribution >= 0.6 is 0 Å². The summed E-state index contributed by atoms with van der Waals surface area (Å²) in [6.07, 6.45) is 5.68. The lowest BCUT2D eigenvalue weighted by molar-refractivity contribution is -0.131. The Bertz CT molecular complexity index is 309. The smallest absolute Gasteiger partial charge is 0.236 e. The molecule has 5 nitrogen and oxygen atoms in total. The van der Waals surface area contributed by atoms with Crippen LogP contribution < -0.4 is 5.32 Å². The van der Waals surface area contributed by atoms with Crippen molar-refractivity contribution in [3.8, 4) is 0 Å². The van der Waals surface area contributed by atoms with E-state index in [1.807, 2.05) is 11.9 Å². The number of amides is 2. The van der Waals surface area contributed by atoms with Gasteiger partial charge in [-0.1, -0.05) is 0 Å². The van der Waals surface area contributed by atoms with Gasteiger partial charge in [0.05, 0.1) is 13.1 Å². The number of carbonyl (C=O) groups excluding carboxylic acids is 2. The van der Waals surface area contributed by atoms with Crippen LogP contribution in [0.25, 0.3) is 0 Å². The maximum atomic E-state index is 11.8. The highest BCUT2D eigenvalue weighted by molar-refractivity contribution is 5.81. The summed E-state index contributed by atoms with van der Waals surface area (Å²) in [6.45, 7) is 2.30. The number of rotatable bonds is 5. The fourth-order valence-corrected chi connectivity index (χ4v) is 2.32. The molecule has 0 aromatic rings. The Morgan fingerprint density at radius 1 is 1.17 bits per heavy atom. The third kappa shape index (κ3) is 3.70. The molecule has 1 N–H and O–H groups in total. The lowest BCUT2D eigenvalue weighted by Gasteiger charge is -2.27. The van der Waals surface area contributed by atoms with Crippen molar-refractivity contribution in [2.45, 2.75) is 38.1 Å². The van der Waals surface area contributed by atoms with Crippen LogP contribution in [0.3, 0.4) is 0 Å². The minimum Gasteiger partial charge on any atom is -0.342 e. The van der Waals surface area contributed by atoms with Crippen molar-refractivity contribution in [2.24, 2.45) is 0 Å². The third-order valence-electron chi connectivity index (χ3n) is 3.75. The molecule has 1 saturated carbocycles. The SMILES string of the molecule is CN(C(=O)CNCC(=O)N1CCCCC1)C1CC1. The molecule has 2 fully saturated rings. The Hall–Kier alpha value is -1.10. The molecule has 1 aliphatic carbocycles. The monoisotopic (exact) mass is 253 g/mol. The van der Waals surface area contributed by atoms with Crippen molar-refractivity contribution >= 4 is 11.8 Å². The summed E-state index contributed by atoms with van der Waals surface area (Å²) in [5, 5.41) is 2.96. The Balaban J connectivity index is 1.61. The van der Waals surface area contributed by atoms with Gasteiger partial charge in [-0.2, -0.15) is 0 Å². The molecule has 2 amide bonds. The average molecular weight is 253 g/mol. The maximum Gasteiger partial charge on any atom is 0.236 e. The van der Waals surface area contributed by atoms with Crippen LogP contribution in [0.5, 0.6) is 0 Å². The van der Waals surface area contributed by atoms with Gasteiger partial charge in [0, 0.05) is 26.2 Å². The van der Waals surface area contributed by atoms with E-state index in [1.54, 1.807) is 4.90 Å². The summed E-state index contributed by atoms with van der Waals surface area (Å²) in [5.41, 5.74) is 0. The molecule has 1 heterocycles. The number of piperidine rings is 1. The van der Waals surface area contributed by atoms with Crippen molar-refractivity contribution in [1.29, 1.82) is 0 Å². The molecule has 1 saturated heterocycles. The second-order valence-electron chi connectivity index (χ2n) is 5.28. The zero-order valence-corrected chi connectivity index (χ0v) is 11.2. The lowest BCUT2D eigenvalue weighted by Crippen LogP contribution is -2.44. The largest absolute Gasteiger partial charge is 0.342 e. The fraction of sp³-hybridized carbons (Fsp3) is 0.846. The van der Waals surface area contributed by atoms with E-state index in [4.69, 9.17) is 0 Å². The molecular weight excluding hydrogens is 230 g/mol. The van der Waals surface area contributed by atoms with Gasteiger partial charge in [-0.25, -0.2) is 0 Å². The van der Waals surface area contributed by atoms with Gasteiger partial charge in [0.2, 0.25) is 11.8 Å². The summed E-state index contributed by atoms with van der Waals surface area (Å²) < 4.78 is 0. The molecule has 0 spiro atoms. The van der Waals surface area contributed by atoms with Gasteiger partial charge in [-0.3, -0.25) is 14.9 Å². The average Bonchev–Trinajstić information content (AvgIpc) is 3.23.